The predicted molar refractivity (Wildman–Crippen MR) is 84.7 cm³/mol. The lowest BCUT2D eigenvalue weighted by Crippen LogP contribution is -2.57. The highest BCUT2D eigenvalue weighted by Crippen LogP contribution is 2.34. The zero-order valence-corrected chi connectivity index (χ0v) is 12.0. The standard InChI is InChI=1S/C17H16N4O/c22-16-9-10-21(11-13-5-2-1-3-6-13)17-12-18-20-15(17)8-4-7-14(17)19-16/h1-10,18H,11-12H2,(H,19,22). The zero-order chi connectivity index (χ0) is 15.0. The highest BCUT2D eigenvalue weighted by molar-refractivity contribution is 6.09. The van der Waals surface area contributed by atoms with Crippen molar-refractivity contribution in [3.8, 4) is 0 Å². The van der Waals surface area contributed by atoms with Crippen LogP contribution in [-0.2, 0) is 11.3 Å². The number of hydrogen-bond acceptors (Lipinski definition) is 4. The van der Waals surface area contributed by atoms with Crippen molar-refractivity contribution in [3.05, 3.63) is 72.1 Å². The number of allylic oxidation sites excluding steroid dienone is 2. The van der Waals surface area contributed by atoms with Crippen LogP contribution in [0.25, 0.3) is 0 Å². The smallest absolute Gasteiger partial charge is 0.249 e. The zero-order valence-electron chi connectivity index (χ0n) is 12.0. The largest absolute Gasteiger partial charge is 0.355 e. The van der Waals surface area contributed by atoms with Crippen LogP contribution in [0.2, 0.25) is 0 Å². The molecule has 5 heteroatoms. The number of hydrazone groups is 1. The van der Waals surface area contributed by atoms with Crippen LogP contribution in [0.15, 0.2) is 71.6 Å². The van der Waals surface area contributed by atoms with Crippen LogP contribution in [-0.4, -0.2) is 28.6 Å². The van der Waals surface area contributed by atoms with E-state index in [2.05, 4.69) is 32.9 Å². The maximum Gasteiger partial charge on any atom is 0.249 e. The Morgan fingerprint density at radius 1 is 1.23 bits per heavy atom. The highest BCUT2D eigenvalue weighted by Gasteiger charge is 2.48. The van der Waals surface area contributed by atoms with Crippen LogP contribution in [0.4, 0.5) is 0 Å². The van der Waals surface area contributed by atoms with E-state index in [1.165, 1.54) is 5.56 Å². The summed E-state index contributed by atoms with van der Waals surface area (Å²) >= 11 is 0. The van der Waals surface area contributed by atoms with Gasteiger partial charge in [0.25, 0.3) is 0 Å². The minimum Gasteiger partial charge on any atom is -0.355 e. The van der Waals surface area contributed by atoms with Gasteiger partial charge in [0, 0.05) is 18.8 Å². The summed E-state index contributed by atoms with van der Waals surface area (Å²) in [5.41, 5.74) is 5.61. The van der Waals surface area contributed by atoms with E-state index < -0.39 is 5.54 Å². The Labute approximate surface area is 128 Å². The molecule has 0 saturated carbocycles. The Morgan fingerprint density at radius 3 is 2.95 bits per heavy atom. The number of benzene rings is 1. The van der Waals surface area contributed by atoms with Crippen molar-refractivity contribution < 1.29 is 4.79 Å². The number of hydrogen-bond donors (Lipinski definition) is 2. The molecule has 1 aliphatic carbocycles. The van der Waals surface area contributed by atoms with Crippen molar-refractivity contribution >= 4 is 11.6 Å². The van der Waals surface area contributed by atoms with E-state index >= 15 is 0 Å². The maximum absolute atomic E-state index is 12.0. The van der Waals surface area contributed by atoms with Gasteiger partial charge in [-0.1, -0.05) is 36.4 Å². The van der Waals surface area contributed by atoms with Crippen molar-refractivity contribution in [2.45, 2.75) is 12.1 Å². The Balaban J connectivity index is 1.79. The molecule has 2 heterocycles. The predicted octanol–water partition coefficient (Wildman–Crippen LogP) is 1.28. The fraction of sp³-hybridized carbons (Fsp3) is 0.176. The van der Waals surface area contributed by atoms with Gasteiger partial charge >= 0.3 is 0 Å². The number of carbonyl (C=O) groups excluding carboxylic acids is 1. The molecule has 110 valence electrons. The normalized spacial score (nSPS) is 25.5. The van der Waals surface area contributed by atoms with Crippen LogP contribution in [0, 0.1) is 0 Å². The van der Waals surface area contributed by atoms with Crippen molar-refractivity contribution in [3.63, 3.8) is 0 Å². The van der Waals surface area contributed by atoms with Gasteiger partial charge in [-0.15, -0.1) is 0 Å². The van der Waals surface area contributed by atoms with Gasteiger partial charge in [-0.2, -0.15) is 5.10 Å². The fourth-order valence-corrected chi connectivity index (χ4v) is 3.18. The molecular formula is C17H16N4O. The Kier molecular flexibility index (Phi) is 2.85. The van der Waals surface area contributed by atoms with E-state index in [1.807, 2.05) is 42.6 Å². The highest BCUT2D eigenvalue weighted by atomic mass is 16.1. The maximum atomic E-state index is 12.0. The minimum atomic E-state index is -0.451. The number of amides is 1. The first-order valence-corrected chi connectivity index (χ1v) is 7.29. The van der Waals surface area contributed by atoms with E-state index in [0.717, 1.165) is 11.4 Å². The van der Waals surface area contributed by atoms with E-state index in [-0.39, 0.29) is 5.91 Å². The molecular weight excluding hydrogens is 276 g/mol. The van der Waals surface area contributed by atoms with Gasteiger partial charge in [-0.25, -0.2) is 0 Å². The van der Waals surface area contributed by atoms with Gasteiger partial charge in [0.05, 0.1) is 18.0 Å². The molecule has 1 aromatic carbocycles. The second-order valence-electron chi connectivity index (χ2n) is 5.55. The first-order chi connectivity index (χ1) is 10.8. The third-order valence-corrected chi connectivity index (χ3v) is 4.27. The molecule has 0 saturated heterocycles. The van der Waals surface area contributed by atoms with Crippen LogP contribution in [0.1, 0.15) is 5.56 Å². The van der Waals surface area contributed by atoms with Crippen LogP contribution in [0.5, 0.6) is 0 Å². The lowest BCUT2D eigenvalue weighted by atomic mass is 9.84. The Hall–Kier alpha value is -2.82. The number of carbonyl (C=O) groups is 1. The van der Waals surface area contributed by atoms with Crippen molar-refractivity contribution in [2.24, 2.45) is 5.10 Å². The molecule has 1 atom stereocenters. The van der Waals surface area contributed by atoms with Gasteiger partial charge < -0.3 is 15.6 Å². The monoisotopic (exact) mass is 292 g/mol. The molecule has 0 radical (unpaired) electrons. The summed E-state index contributed by atoms with van der Waals surface area (Å²) in [6.45, 7) is 1.34. The Morgan fingerprint density at radius 2 is 2.09 bits per heavy atom. The van der Waals surface area contributed by atoms with E-state index in [4.69, 9.17) is 0 Å². The van der Waals surface area contributed by atoms with Gasteiger partial charge in [0.1, 0.15) is 5.54 Å². The summed E-state index contributed by atoms with van der Waals surface area (Å²) in [6, 6.07) is 10.2. The third-order valence-electron chi connectivity index (χ3n) is 4.27. The van der Waals surface area contributed by atoms with Crippen molar-refractivity contribution in [2.75, 3.05) is 6.54 Å². The summed E-state index contributed by atoms with van der Waals surface area (Å²) < 4.78 is 0. The minimum absolute atomic E-state index is 0.109. The average Bonchev–Trinajstić information content (AvgIpc) is 2.92. The summed E-state index contributed by atoms with van der Waals surface area (Å²) in [5, 5.41) is 7.38. The Bertz CT molecular complexity index is 732. The van der Waals surface area contributed by atoms with Gasteiger partial charge in [0.2, 0.25) is 5.91 Å². The molecule has 1 spiro atoms. The second-order valence-corrected chi connectivity index (χ2v) is 5.55. The summed E-state index contributed by atoms with van der Waals surface area (Å²) in [5.74, 6) is -0.109. The summed E-state index contributed by atoms with van der Waals surface area (Å²) in [7, 11) is 0. The first-order valence-electron chi connectivity index (χ1n) is 7.29. The molecule has 3 aliphatic rings. The van der Waals surface area contributed by atoms with Gasteiger partial charge in [-0.3, -0.25) is 4.79 Å². The molecule has 0 aromatic heterocycles. The van der Waals surface area contributed by atoms with E-state index in [9.17, 15) is 4.79 Å². The van der Waals surface area contributed by atoms with E-state index in [0.29, 0.717) is 13.1 Å². The summed E-state index contributed by atoms with van der Waals surface area (Å²) in [4.78, 5) is 14.1. The molecule has 1 amide bonds. The van der Waals surface area contributed by atoms with Crippen molar-refractivity contribution in [1.82, 2.24) is 15.6 Å². The molecule has 4 rings (SSSR count). The molecule has 5 nitrogen and oxygen atoms in total. The van der Waals surface area contributed by atoms with Crippen molar-refractivity contribution in [1.29, 1.82) is 0 Å². The molecule has 0 bridgehead atoms. The number of rotatable bonds is 2. The number of nitrogens with one attached hydrogen (secondary N) is 2. The van der Waals surface area contributed by atoms with Gasteiger partial charge in [0.15, 0.2) is 0 Å². The quantitative estimate of drug-likeness (QED) is 0.863. The van der Waals surface area contributed by atoms with E-state index in [1.54, 1.807) is 6.08 Å². The van der Waals surface area contributed by atoms with Gasteiger partial charge in [-0.05, 0) is 17.7 Å². The lowest BCUT2D eigenvalue weighted by molar-refractivity contribution is -0.115. The van der Waals surface area contributed by atoms with Crippen LogP contribution < -0.4 is 10.7 Å². The molecule has 1 aromatic rings. The fourth-order valence-electron chi connectivity index (χ4n) is 3.18. The topological polar surface area (TPSA) is 56.7 Å². The average molecular weight is 292 g/mol. The third kappa shape index (κ3) is 1.86. The molecule has 2 aliphatic heterocycles. The molecule has 2 N–H and O–H groups in total. The SMILES string of the molecule is O=C1C=CN(Cc2ccccc2)C23CNN=C2C=CC=C3N1. The second kappa shape index (κ2) is 4.87. The molecule has 1 unspecified atom stereocenters. The molecule has 22 heavy (non-hydrogen) atoms. The first kappa shape index (κ1) is 12.9. The summed E-state index contributed by atoms with van der Waals surface area (Å²) in [6.07, 6.45) is 9.31. The van der Waals surface area contributed by atoms with Crippen LogP contribution in [0.3, 0.4) is 0 Å². The number of nitrogens with zero attached hydrogens (tertiary/aromatic N) is 2. The molecule has 0 fully saturated rings. The lowest BCUT2D eigenvalue weighted by Gasteiger charge is -2.41. The van der Waals surface area contributed by atoms with Crippen LogP contribution >= 0.6 is 0 Å².